The molecule has 0 unspecified atom stereocenters. The molecule has 30 heavy (non-hydrogen) atoms. The van der Waals surface area contributed by atoms with E-state index in [4.69, 9.17) is 0 Å². The van der Waals surface area contributed by atoms with Crippen molar-refractivity contribution in [1.82, 2.24) is 4.98 Å². The average Bonchev–Trinajstić information content (AvgIpc) is 2.76. The van der Waals surface area contributed by atoms with Crippen LogP contribution in [0.15, 0.2) is 79.3 Å². The van der Waals surface area contributed by atoms with E-state index in [0.717, 1.165) is 27.6 Å². The van der Waals surface area contributed by atoms with Crippen LogP contribution in [0.5, 0.6) is 0 Å². The summed E-state index contributed by atoms with van der Waals surface area (Å²) in [5.74, 6) is 0.401. The van der Waals surface area contributed by atoms with Crippen LogP contribution < -0.4 is 4.73 Å². The second-order valence-corrected chi connectivity index (χ2v) is 7.55. The summed E-state index contributed by atoms with van der Waals surface area (Å²) in [5.41, 5.74) is 6.25. The zero-order chi connectivity index (χ0) is 21.1. The normalized spacial score (nSPS) is 11.6. The average molecular weight is 391 g/mol. The van der Waals surface area contributed by atoms with Gasteiger partial charge in [-0.25, -0.2) is 0 Å². The molecule has 0 N–H and O–H groups in total. The molecule has 4 nitrogen and oxygen atoms in total. The smallest absolute Gasteiger partial charge is 0.188 e. The largest absolute Gasteiger partial charge is 0.619 e. The molecule has 0 saturated heterocycles. The Morgan fingerprint density at radius 3 is 2.73 bits per heavy atom. The van der Waals surface area contributed by atoms with Crippen LogP contribution in [0.1, 0.15) is 36.5 Å². The minimum Gasteiger partial charge on any atom is -0.619 e. The van der Waals surface area contributed by atoms with Crippen molar-refractivity contribution in [2.45, 2.75) is 19.8 Å². The number of aromatic nitrogens is 2. The van der Waals surface area contributed by atoms with Crippen LogP contribution in [-0.2, 0) is 0 Å². The Kier molecular flexibility index (Phi) is 5.28. The van der Waals surface area contributed by atoms with E-state index in [1.165, 1.54) is 18.0 Å². The molecule has 2 aromatic carbocycles. The number of pyridine rings is 2. The van der Waals surface area contributed by atoms with Crippen LogP contribution in [0.3, 0.4) is 0 Å². The lowest BCUT2D eigenvalue weighted by atomic mass is 9.93. The third-order valence-corrected chi connectivity index (χ3v) is 5.11. The maximum Gasteiger partial charge on any atom is 0.188 e. The maximum absolute atomic E-state index is 11.6. The van der Waals surface area contributed by atoms with Crippen LogP contribution >= 0.6 is 0 Å². The molecule has 0 radical (unpaired) electrons. The SMILES string of the molecule is CC(C)c1cc(-c2cccc(/C=C(\C#N)c3ccc[n+]([O-])c3)c2)c2ncccc2c1. The van der Waals surface area contributed by atoms with Crippen molar-refractivity contribution in [2.75, 3.05) is 0 Å². The van der Waals surface area contributed by atoms with Crippen LogP contribution in [0, 0.1) is 16.5 Å². The summed E-state index contributed by atoms with van der Waals surface area (Å²) >= 11 is 0. The second-order valence-electron chi connectivity index (χ2n) is 7.55. The minimum atomic E-state index is 0.401. The van der Waals surface area contributed by atoms with Gasteiger partial charge in [-0.05, 0) is 59.0 Å². The molecule has 0 atom stereocenters. The van der Waals surface area contributed by atoms with Gasteiger partial charge >= 0.3 is 0 Å². The Balaban J connectivity index is 1.84. The number of hydrogen-bond donors (Lipinski definition) is 0. The number of hydrogen-bond acceptors (Lipinski definition) is 3. The molecule has 146 valence electrons. The van der Waals surface area contributed by atoms with E-state index < -0.39 is 0 Å². The van der Waals surface area contributed by atoms with E-state index in [2.05, 4.69) is 55.2 Å². The molecule has 4 rings (SSSR count). The lowest BCUT2D eigenvalue weighted by Gasteiger charge is -2.13. The second kappa shape index (κ2) is 8.18. The summed E-state index contributed by atoms with van der Waals surface area (Å²) in [7, 11) is 0. The number of rotatable bonds is 4. The van der Waals surface area contributed by atoms with Gasteiger partial charge in [-0.15, -0.1) is 0 Å². The van der Waals surface area contributed by atoms with E-state index in [0.29, 0.717) is 21.8 Å². The zero-order valence-corrected chi connectivity index (χ0v) is 16.9. The molecule has 0 fully saturated rings. The summed E-state index contributed by atoms with van der Waals surface area (Å²) in [4.78, 5) is 4.62. The van der Waals surface area contributed by atoms with Crippen LogP contribution in [0.4, 0.5) is 0 Å². The topological polar surface area (TPSA) is 63.6 Å². The van der Waals surface area contributed by atoms with Gasteiger partial charge < -0.3 is 5.21 Å². The third kappa shape index (κ3) is 3.92. The molecular weight excluding hydrogens is 370 g/mol. The number of nitriles is 1. The molecule has 0 aliphatic rings. The van der Waals surface area contributed by atoms with Crippen LogP contribution in [-0.4, -0.2) is 4.98 Å². The molecule has 0 bridgehead atoms. The Hall–Kier alpha value is -3.97. The molecular formula is C26H21N3O. The third-order valence-electron chi connectivity index (χ3n) is 5.11. The van der Waals surface area contributed by atoms with Crippen LogP contribution in [0.2, 0.25) is 0 Å². The first-order chi connectivity index (χ1) is 14.5. The Bertz CT molecular complexity index is 1300. The first-order valence-corrected chi connectivity index (χ1v) is 9.85. The highest BCUT2D eigenvalue weighted by molar-refractivity contribution is 5.95. The number of allylic oxidation sites excluding steroid dienone is 1. The fourth-order valence-corrected chi connectivity index (χ4v) is 3.53. The predicted molar refractivity (Wildman–Crippen MR) is 120 cm³/mol. The monoisotopic (exact) mass is 391 g/mol. The standard InChI is InChI=1S/C26H21N3O/c1-18(2)23-14-21-8-4-10-28-26(21)25(15-23)20-7-3-6-19(12-20)13-24(16-27)22-9-5-11-29(30)17-22/h3-15,17-18H,1-2H3/b24-13+. The predicted octanol–water partition coefficient (Wildman–Crippen LogP) is 5.72. The van der Waals surface area contributed by atoms with Gasteiger partial charge in [0.1, 0.15) is 6.07 Å². The Morgan fingerprint density at radius 1 is 1.10 bits per heavy atom. The first-order valence-electron chi connectivity index (χ1n) is 9.85. The fourth-order valence-electron chi connectivity index (χ4n) is 3.53. The summed E-state index contributed by atoms with van der Waals surface area (Å²) < 4.78 is 0.701. The van der Waals surface area contributed by atoms with E-state index >= 15 is 0 Å². The van der Waals surface area contributed by atoms with Crippen molar-refractivity contribution in [2.24, 2.45) is 0 Å². The highest BCUT2D eigenvalue weighted by Gasteiger charge is 2.11. The molecule has 0 aliphatic heterocycles. The highest BCUT2D eigenvalue weighted by atomic mass is 16.5. The van der Waals surface area contributed by atoms with Gasteiger partial charge in [0.05, 0.1) is 16.7 Å². The first kappa shape index (κ1) is 19.4. The minimum absolute atomic E-state index is 0.401. The van der Waals surface area contributed by atoms with Gasteiger partial charge in [-0.3, -0.25) is 4.98 Å². The zero-order valence-electron chi connectivity index (χ0n) is 16.9. The summed E-state index contributed by atoms with van der Waals surface area (Å²) in [6.07, 6.45) is 6.42. The van der Waals surface area contributed by atoms with Crippen molar-refractivity contribution < 1.29 is 4.73 Å². The maximum atomic E-state index is 11.6. The number of fused-ring (bicyclic) bond motifs is 1. The van der Waals surface area contributed by atoms with E-state index in [1.54, 1.807) is 18.2 Å². The van der Waals surface area contributed by atoms with Crippen LogP contribution in [0.25, 0.3) is 33.7 Å². The Morgan fingerprint density at radius 2 is 1.97 bits per heavy atom. The quantitative estimate of drug-likeness (QED) is 0.254. The van der Waals surface area contributed by atoms with Gasteiger partial charge in [0.15, 0.2) is 12.4 Å². The highest BCUT2D eigenvalue weighted by Crippen LogP contribution is 2.32. The van der Waals surface area contributed by atoms with Crippen molar-refractivity contribution in [3.63, 3.8) is 0 Å². The van der Waals surface area contributed by atoms with Gasteiger partial charge in [0.25, 0.3) is 0 Å². The van der Waals surface area contributed by atoms with Gasteiger partial charge in [0, 0.05) is 23.2 Å². The molecule has 4 heteroatoms. The number of benzene rings is 2. The van der Waals surface area contributed by atoms with E-state index in [-0.39, 0.29) is 0 Å². The van der Waals surface area contributed by atoms with Gasteiger partial charge in [-0.1, -0.05) is 38.1 Å². The summed E-state index contributed by atoms with van der Waals surface area (Å²) in [6, 6.07) is 22.1. The summed E-state index contributed by atoms with van der Waals surface area (Å²) in [6.45, 7) is 4.36. The van der Waals surface area contributed by atoms with Gasteiger partial charge in [-0.2, -0.15) is 9.99 Å². The van der Waals surface area contributed by atoms with Gasteiger partial charge in [0.2, 0.25) is 0 Å². The fraction of sp³-hybridized carbons (Fsp3) is 0.115. The molecule has 0 amide bonds. The molecule has 2 heterocycles. The van der Waals surface area contributed by atoms with Crippen molar-refractivity contribution in [3.05, 3.63) is 101 Å². The van der Waals surface area contributed by atoms with Crippen molar-refractivity contribution in [1.29, 1.82) is 5.26 Å². The summed E-state index contributed by atoms with van der Waals surface area (Å²) in [5, 5.41) is 22.3. The Labute approximate surface area is 176 Å². The lowest BCUT2D eigenvalue weighted by molar-refractivity contribution is -0.605. The molecule has 4 aromatic rings. The molecule has 2 aromatic heterocycles. The van der Waals surface area contributed by atoms with E-state index in [9.17, 15) is 10.5 Å². The molecule has 0 spiro atoms. The van der Waals surface area contributed by atoms with Crippen molar-refractivity contribution in [3.8, 4) is 17.2 Å². The molecule has 0 aliphatic carbocycles. The number of nitrogens with zero attached hydrogens (tertiary/aromatic N) is 3. The van der Waals surface area contributed by atoms with E-state index in [1.807, 2.05) is 24.4 Å². The lowest BCUT2D eigenvalue weighted by Crippen LogP contribution is -2.24. The van der Waals surface area contributed by atoms with Crippen molar-refractivity contribution >= 4 is 22.6 Å². The molecule has 0 saturated carbocycles.